The van der Waals surface area contributed by atoms with Crippen molar-refractivity contribution in [2.75, 3.05) is 37.3 Å². The van der Waals surface area contributed by atoms with Gasteiger partial charge in [0.15, 0.2) is 0 Å². The van der Waals surface area contributed by atoms with Crippen LogP contribution in [-0.2, 0) is 0 Å². The van der Waals surface area contributed by atoms with Gasteiger partial charge in [-0.2, -0.15) is 0 Å². The molecule has 1 aromatic rings. The molecule has 116 valence electrons. The summed E-state index contributed by atoms with van der Waals surface area (Å²) >= 11 is 0. The van der Waals surface area contributed by atoms with Gasteiger partial charge in [-0.3, -0.25) is 10.1 Å². The number of rotatable bonds is 5. The van der Waals surface area contributed by atoms with Gasteiger partial charge < -0.3 is 15.5 Å². The highest BCUT2D eigenvalue weighted by molar-refractivity contribution is 5.63. The third-order valence-corrected chi connectivity index (χ3v) is 3.97. The number of likely N-dealkylation sites (tertiary alicyclic amines) is 1. The lowest BCUT2D eigenvalue weighted by Gasteiger charge is -2.35. The van der Waals surface area contributed by atoms with E-state index in [1.165, 1.54) is 0 Å². The summed E-state index contributed by atoms with van der Waals surface area (Å²) in [7, 11) is 2.13. The molecule has 1 aliphatic heterocycles. The molecule has 1 heterocycles. The zero-order valence-corrected chi connectivity index (χ0v) is 12.9. The lowest BCUT2D eigenvalue weighted by atomic mass is 9.94. The number of nitro benzene ring substituents is 1. The van der Waals surface area contributed by atoms with Crippen LogP contribution in [-0.4, -0.2) is 42.5 Å². The van der Waals surface area contributed by atoms with Crippen LogP contribution in [0.3, 0.4) is 0 Å². The topological polar surface area (TPSA) is 70.4 Å². The smallest absolute Gasteiger partial charge is 0.273 e. The van der Waals surface area contributed by atoms with Crippen LogP contribution < -0.4 is 10.6 Å². The summed E-state index contributed by atoms with van der Waals surface area (Å²) < 4.78 is 0. The normalized spacial score (nSPS) is 22.8. The van der Waals surface area contributed by atoms with Gasteiger partial charge >= 0.3 is 0 Å². The highest BCUT2D eigenvalue weighted by Gasteiger charge is 2.24. The van der Waals surface area contributed by atoms with Crippen molar-refractivity contribution < 1.29 is 4.92 Å². The molecule has 0 amide bonds. The summed E-state index contributed by atoms with van der Waals surface area (Å²) in [6, 6.07) is 5.50. The number of anilines is 2. The minimum Gasteiger partial charge on any atom is -0.385 e. The number of benzene rings is 1. The van der Waals surface area contributed by atoms with Crippen molar-refractivity contribution in [3.05, 3.63) is 28.3 Å². The maximum absolute atomic E-state index is 11.1. The minimum absolute atomic E-state index is 0.122. The fourth-order valence-electron chi connectivity index (χ4n) is 2.89. The molecule has 2 rings (SSSR count). The van der Waals surface area contributed by atoms with Crippen LogP contribution in [0.15, 0.2) is 18.2 Å². The fourth-order valence-corrected chi connectivity index (χ4v) is 2.89. The lowest BCUT2D eigenvalue weighted by Crippen LogP contribution is -2.43. The molecule has 1 saturated heterocycles. The van der Waals surface area contributed by atoms with Gasteiger partial charge in [0.25, 0.3) is 5.69 Å². The fraction of sp³-hybridized carbons (Fsp3) is 0.600. The number of nitro groups is 1. The second-order valence-electron chi connectivity index (χ2n) is 5.84. The Bertz CT molecular complexity index is 506. The summed E-state index contributed by atoms with van der Waals surface area (Å²) in [5.74, 6) is 0.519. The lowest BCUT2D eigenvalue weighted by molar-refractivity contribution is -0.384. The molecule has 0 spiro atoms. The third-order valence-electron chi connectivity index (χ3n) is 3.97. The van der Waals surface area contributed by atoms with Gasteiger partial charge in [0, 0.05) is 42.6 Å². The molecule has 0 aromatic heterocycles. The molecule has 0 radical (unpaired) electrons. The third kappa shape index (κ3) is 4.07. The highest BCUT2D eigenvalue weighted by Crippen LogP contribution is 2.27. The Hall–Kier alpha value is -1.82. The number of piperidine rings is 1. The molecule has 0 aliphatic carbocycles. The molecule has 6 nitrogen and oxygen atoms in total. The Kier molecular flexibility index (Phi) is 5.01. The van der Waals surface area contributed by atoms with Crippen molar-refractivity contribution in [1.82, 2.24) is 4.90 Å². The van der Waals surface area contributed by atoms with E-state index in [0.717, 1.165) is 37.4 Å². The molecule has 2 atom stereocenters. The van der Waals surface area contributed by atoms with E-state index in [0.29, 0.717) is 12.0 Å². The monoisotopic (exact) mass is 292 g/mol. The number of nitrogens with one attached hydrogen (secondary N) is 2. The Morgan fingerprint density at radius 2 is 2.10 bits per heavy atom. The second-order valence-corrected chi connectivity index (χ2v) is 5.84. The SMILES string of the molecule is CCNc1cc(NC2CCN(C)CC2C)cc([N+](=O)[O-])c1. The first-order valence-corrected chi connectivity index (χ1v) is 7.48. The molecule has 2 unspecified atom stereocenters. The Morgan fingerprint density at radius 1 is 1.38 bits per heavy atom. The predicted octanol–water partition coefficient (Wildman–Crippen LogP) is 2.78. The first-order chi connectivity index (χ1) is 9.99. The van der Waals surface area contributed by atoms with E-state index in [1.54, 1.807) is 12.1 Å². The van der Waals surface area contributed by atoms with Crippen LogP contribution in [0, 0.1) is 16.0 Å². The summed E-state index contributed by atoms with van der Waals surface area (Å²) in [5, 5.41) is 17.7. The standard InChI is InChI=1S/C15H24N4O2/c1-4-16-12-7-13(9-14(8-12)19(20)21)17-15-5-6-18(3)10-11(15)2/h7-9,11,15-17H,4-6,10H2,1-3H3. The number of hydrogen-bond donors (Lipinski definition) is 2. The van der Waals surface area contributed by atoms with Gasteiger partial charge in [0.2, 0.25) is 0 Å². The van der Waals surface area contributed by atoms with Crippen LogP contribution in [0.5, 0.6) is 0 Å². The molecule has 21 heavy (non-hydrogen) atoms. The molecule has 6 heteroatoms. The molecular weight excluding hydrogens is 268 g/mol. The zero-order valence-electron chi connectivity index (χ0n) is 12.9. The van der Waals surface area contributed by atoms with Gasteiger partial charge in [0.1, 0.15) is 0 Å². The minimum atomic E-state index is -0.343. The van der Waals surface area contributed by atoms with Gasteiger partial charge in [0.05, 0.1) is 4.92 Å². The molecule has 0 saturated carbocycles. The summed E-state index contributed by atoms with van der Waals surface area (Å²) in [6.45, 7) is 7.04. The molecule has 0 bridgehead atoms. The molecule has 1 aromatic carbocycles. The van der Waals surface area contributed by atoms with E-state index in [-0.39, 0.29) is 10.6 Å². The van der Waals surface area contributed by atoms with Crippen LogP contribution in [0.25, 0.3) is 0 Å². The van der Waals surface area contributed by atoms with Gasteiger partial charge in [-0.1, -0.05) is 6.92 Å². The van der Waals surface area contributed by atoms with E-state index in [1.807, 2.05) is 13.0 Å². The maximum atomic E-state index is 11.1. The van der Waals surface area contributed by atoms with Gasteiger partial charge in [-0.15, -0.1) is 0 Å². The average molecular weight is 292 g/mol. The number of non-ortho nitro benzene ring substituents is 1. The quantitative estimate of drug-likeness (QED) is 0.645. The number of nitrogens with zero attached hydrogens (tertiary/aromatic N) is 2. The van der Waals surface area contributed by atoms with Crippen LogP contribution >= 0.6 is 0 Å². The molecule has 1 fully saturated rings. The number of hydrogen-bond acceptors (Lipinski definition) is 5. The van der Waals surface area contributed by atoms with Crippen molar-refractivity contribution in [3.63, 3.8) is 0 Å². The van der Waals surface area contributed by atoms with Crippen molar-refractivity contribution in [2.45, 2.75) is 26.3 Å². The predicted molar refractivity (Wildman–Crippen MR) is 85.9 cm³/mol. The van der Waals surface area contributed by atoms with Crippen LogP contribution in [0.2, 0.25) is 0 Å². The summed E-state index contributed by atoms with van der Waals surface area (Å²) in [6.07, 6.45) is 1.05. The zero-order chi connectivity index (χ0) is 15.4. The van der Waals surface area contributed by atoms with Crippen molar-refractivity contribution in [3.8, 4) is 0 Å². The largest absolute Gasteiger partial charge is 0.385 e. The molecular formula is C15H24N4O2. The Morgan fingerprint density at radius 3 is 2.71 bits per heavy atom. The van der Waals surface area contributed by atoms with E-state index in [2.05, 4.69) is 29.5 Å². The maximum Gasteiger partial charge on any atom is 0.273 e. The molecule has 2 N–H and O–H groups in total. The summed E-state index contributed by atoms with van der Waals surface area (Å²) in [4.78, 5) is 13.0. The first-order valence-electron chi connectivity index (χ1n) is 7.48. The van der Waals surface area contributed by atoms with E-state index in [9.17, 15) is 10.1 Å². The Labute approximate surface area is 125 Å². The Balaban J connectivity index is 2.16. The first kappa shape index (κ1) is 15.6. The van der Waals surface area contributed by atoms with Gasteiger partial charge in [-0.25, -0.2) is 0 Å². The van der Waals surface area contributed by atoms with E-state index in [4.69, 9.17) is 0 Å². The van der Waals surface area contributed by atoms with Gasteiger partial charge in [-0.05, 0) is 38.9 Å². The second kappa shape index (κ2) is 6.76. The highest BCUT2D eigenvalue weighted by atomic mass is 16.6. The van der Waals surface area contributed by atoms with E-state index < -0.39 is 0 Å². The van der Waals surface area contributed by atoms with Crippen LogP contribution in [0.1, 0.15) is 20.3 Å². The van der Waals surface area contributed by atoms with Crippen molar-refractivity contribution in [1.29, 1.82) is 0 Å². The molecule has 1 aliphatic rings. The van der Waals surface area contributed by atoms with E-state index >= 15 is 0 Å². The van der Waals surface area contributed by atoms with Crippen molar-refractivity contribution in [2.24, 2.45) is 5.92 Å². The van der Waals surface area contributed by atoms with Crippen LogP contribution in [0.4, 0.5) is 17.1 Å². The average Bonchev–Trinajstić information content (AvgIpc) is 2.42. The summed E-state index contributed by atoms with van der Waals surface area (Å²) in [5.41, 5.74) is 1.73. The van der Waals surface area contributed by atoms with Crippen molar-refractivity contribution >= 4 is 17.1 Å².